The number of hydrogen-bond acceptors (Lipinski definition) is 2. The van der Waals surface area contributed by atoms with Gasteiger partial charge in [0, 0.05) is 3.57 Å². The Morgan fingerprint density at radius 1 is 1.44 bits per heavy atom. The van der Waals surface area contributed by atoms with Gasteiger partial charge in [-0.05, 0) is 54.5 Å². The van der Waals surface area contributed by atoms with Crippen molar-refractivity contribution in [1.29, 1.82) is 0 Å². The monoisotopic (exact) mass is 361 g/mol. The third kappa shape index (κ3) is 3.01. The van der Waals surface area contributed by atoms with Gasteiger partial charge < -0.3 is 10.4 Å². The minimum Gasteiger partial charge on any atom is -0.480 e. The van der Waals surface area contributed by atoms with Crippen molar-refractivity contribution in [2.24, 2.45) is 0 Å². The number of halogens is 1. The summed E-state index contributed by atoms with van der Waals surface area (Å²) in [5.41, 5.74) is 0.275. The number of carbonyl (C=O) groups is 2. The summed E-state index contributed by atoms with van der Waals surface area (Å²) in [6.07, 6.45) is 0.330. The molecule has 0 radical (unpaired) electrons. The Balaban J connectivity index is 3.02. The number of nitrogens with one attached hydrogen (secondary N) is 1. The lowest BCUT2D eigenvalue weighted by Crippen LogP contribution is -2.51. The van der Waals surface area contributed by atoms with Crippen LogP contribution < -0.4 is 5.32 Å². The first kappa shape index (κ1) is 14.9. The van der Waals surface area contributed by atoms with Gasteiger partial charge in [0.15, 0.2) is 0 Å². The van der Waals surface area contributed by atoms with Crippen molar-refractivity contribution >= 4 is 34.5 Å². The van der Waals surface area contributed by atoms with Gasteiger partial charge in [-0.25, -0.2) is 4.79 Å². The molecule has 0 fully saturated rings. The lowest BCUT2D eigenvalue weighted by Gasteiger charge is -2.25. The molecule has 0 bridgehead atoms. The van der Waals surface area contributed by atoms with E-state index < -0.39 is 11.5 Å². The fourth-order valence-corrected chi connectivity index (χ4v) is 2.04. The number of carboxylic acids is 1. The molecule has 4 nitrogen and oxygen atoms in total. The normalized spacial score (nSPS) is 13.8. The van der Waals surface area contributed by atoms with Crippen LogP contribution in [-0.2, 0) is 4.79 Å². The van der Waals surface area contributed by atoms with Crippen LogP contribution in [0, 0.1) is 10.5 Å². The van der Waals surface area contributed by atoms with Gasteiger partial charge in [0.1, 0.15) is 5.54 Å². The molecule has 98 valence electrons. The summed E-state index contributed by atoms with van der Waals surface area (Å²) >= 11 is 2.09. The van der Waals surface area contributed by atoms with E-state index in [1.54, 1.807) is 19.1 Å². The average molecular weight is 361 g/mol. The zero-order valence-electron chi connectivity index (χ0n) is 10.6. The third-order valence-electron chi connectivity index (χ3n) is 3.00. The molecule has 0 aromatic heterocycles. The molecular formula is C13H16INO3. The van der Waals surface area contributed by atoms with E-state index in [0.29, 0.717) is 12.0 Å². The zero-order valence-corrected chi connectivity index (χ0v) is 12.7. The maximum absolute atomic E-state index is 12.1. The Morgan fingerprint density at radius 2 is 2.06 bits per heavy atom. The van der Waals surface area contributed by atoms with Gasteiger partial charge in [-0.1, -0.05) is 19.1 Å². The highest BCUT2D eigenvalue weighted by Gasteiger charge is 2.33. The molecule has 0 aliphatic heterocycles. The van der Waals surface area contributed by atoms with E-state index in [9.17, 15) is 9.59 Å². The average Bonchev–Trinajstić information content (AvgIpc) is 2.32. The van der Waals surface area contributed by atoms with Crippen LogP contribution in [-0.4, -0.2) is 22.5 Å². The Kier molecular flexibility index (Phi) is 4.72. The largest absolute Gasteiger partial charge is 0.480 e. The smallest absolute Gasteiger partial charge is 0.329 e. The van der Waals surface area contributed by atoms with Crippen molar-refractivity contribution in [3.63, 3.8) is 0 Å². The second kappa shape index (κ2) is 5.69. The van der Waals surface area contributed by atoms with Crippen molar-refractivity contribution in [3.05, 3.63) is 32.9 Å². The fraction of sp³-hybridized carbons (Fsp3) is 0.385. The third-order valence-corrected chi connectivity index (χ3v) is 4.44. The lowest BCUT2D eigenvalue weighted by atomic mass is 9.98. The molecule has 1 amide bonds. The maximum Gasteiger partial charge on any atom is 0.329 e. The summed E-state index contributed by atoms with van der Waals surface area (Å²) in [5.74, 6) is -1.38. The Hall–Kier alpha value is -1.11. The van der Waals surface area contributed by atoms with Crippen LogP contribution in [0.3, 0.4) is 0 Å². The van der Waals surface area contributed by atoms with Crippen LogP contribution in [0.4, 0.5) is 0 Å². The van der Waals surface area contributed by atoms with Crippen molar-refractivity contribution in [2.45, 2.75) is 32.7 Å². The molecule has 1 aromatic rings. The summed E-state index contributed by atoms with van der Waals surface area (Å²) in [6.45, 7) is 5.15. The molecule has 1 atom stereocenters. The first-order valence-electron chi connectivity index (χ1n) is 5.63. The summed E-state index contributed by atoms with van der Waals surface area (Å²) in [7, 11) is 0. The van der Waals surface area contributed by atoms with Crippen LogP contribution in [0.25, 0.3) is 0 Å². The van der Waals surface area contributed by atoms with Gasteiger partial charge in [0.2, 0.25) is 0 Å². The fourth-order valence-electron chi connectivity index (χ4n) is 1.43. The molecule has 0 aliphatic carbocycles. The molecule has 18 heavy (non-hydrogen) atoms. The molecule has 0 aliphatic rings. The van der Waals surface area contributed by atoms with E-state index in [1.807, 2.05) is 13.0 Å². The van der Waals surface area contributed by atoms with Crippen LogP contribution in [0.1, 0.15) is 36.2 Å². The number of benzene rings is 1. The van der Waals surface area contributed by atoms with Crippen LogP contribution in [0.2, 0.25) is 0 Å². The lowest BCUT2D eigenvalue weighted by molar-refractivity contribution is -0.143. The highest BCUT2D eigenvalue weighted by molar-refractivity contribution is 14.1. The second-order valence-electron chi connectivity index (χ2n) is 4.38. The molecule has 1 unspecified atom stereocenters. The van der Waals surface area contributed by atoms with E-state index in [4.69, 9.17) is 5.11 Å². The van der Waals surface area contributed by atoms with Gasteiger partial charge in [-0.2, -0.15) is 0 Å². The summed E-state index contributed by atoms with van der Waals surface area (Å²) in [5, 5.41) is 11.7. The van der Waals surface area contributed by atoms with E-state index in [-0.39, 0.29) is 5.91 Å². The number of aryl methyl sites for hydroxylation is 1. The molecule has 0 saturated heterocycles. The number of hydrogen-bond donors (Lipinski definition) is 2. The van der Waals surface area contributed by atoms with Crippen molar-refractivity contribution in [1.82, 2.24) is 5.32 Å². The van der Waals surface area contributed by atoms with Gasteiger partial charge in [0.25, 0.3) is 5.91 Å². The molecule has 0 heterocycles. The molecule has 2 N–H and O–H groups in total. The molecule has 1 aromatic carbocycles. The Labute approximate surface area is 120 Å². The standard InChI is InChI=1S/C13H16INO3/c1-4-13(3,12(17)18)15-11(16)9-7-5-6-8(2)10(9)14/h5-7H,4H2,1-3H3,(H,15,16)(H,17,18). The minimum absolute atomic E-state index is 0.330. The predicted octanol–water partition coefficient (Wildman–Crippen LogP) is 2.58. The number of amides is 1. The zero-order chi connectivity index (χ0) is 13.9. The highest BCUT2D eigenvalue weighted by Crippen LogP contribution is 2.18. The molecule has 0 spiro atoms. The predicted molar refractivity (Wildman–Crippen MR) is 77.7 cm³/mol. The van der Waals surface area contributed by atoms with Gasteiger partial charge >= 0.3 is 5.97 Å². The van der Waals surface area contributed by atoms with E-state index in [0.717, 1.165) is 9.13 Å². The van der Waals surface area contributed by atoms with Crippen LogP contribution in [0.5, 0.6) is 0 Å². The maximum atomic E-state index is 12.1. The SMILES string of the molecule is CCC(C)(NC(=O)c1cccc(C)c1I)C(=O)O. The summed E-state index contributed by atoms with van der Waals surface area (Å²) < 4.78 is 0.844. The van der Waals surface area contributed by atoms with E-state index in [2.05, 4.69) is 27.9 Å². The first-order chi connectivity index (χ1) is 8.31. The molecule has 1 rings (SSSR count). The first-order valence-corrected chi connectivity index (χ1v) is 6.70. The van der Waals surface area contributed by atoms with Crippen molar-refractivity contribution < 1.29 is 14.7 Å². The van der Waals surface area contributed by atoms with E-state index in [1.165, 1.54) is 6.92 Å². The summed E-state index contributed by atoms with van der Waals surface area (Å²) in [6, 6.07) is 5.40. The van der Waals surface area contributed by atoms with Gasteiger partial charge in [-0.15, -0.1) is 0 Å². The Bertz CT molecular complexity index is 487. The van der Waals surface area contributed by atoms with Crippen molar-refractivity contribution in [3.8, 4) is 0 Å². The minimum atomic E-state index is -1.23. The van der Waals surface area contributed by atoms with Crippen molar-refractivity contribution in [2.75, 3.05) is 0 Å². The second-order valence-corrected chi connectivity index (χ2v) is 5.46. The van der Waals surface area contributed by atoms with Gasteiger partial charge in [-0.3, -0.25) is 4.79 Å². The molecular weight excluding hydrogens is 345 g/mol. The van der Waals surface area contributed by atoms with Crippen LogP contribution in [0.15, 0.2) is 18.2 Å². The number of aliphatic carboxylic acids is 1. The number of carboxylic acid groups (broad SMARTS) is 1. The quantitative estimate of drug-likeness (QED) is 0.811. The number of carbonyl (C=O) groups excluding carboxylic acids is 1. The van der Waals surface area contributed by atoms with E-state index >= 15 is 0 Å². The van der Waals surface area contributed by atoms with Gasteiger partial charge in [0.05, 0.1) is 5.56 Å². The van der Waals surface area contributed by atoms with Crippen LogP contribution >= 0.6 is 22.6 Å². The number of rotatable bonds is 4. The Morgan fingerprint density at radius 3 is 2.56 bits per heavy atom. The molecule has 5 heteroatoms. The summed E-state index contributed by atoms with van der Waals surface area (Å²) in [4.78, 5) is 23.3. The topological polar surface area (TPSA) is 66.4 Å². The highest BCUT2D eigenvalue weighted by atomic mass is 127. The molecule has 0 saturated carbocycles.